The second kappa shape index (κ2) is 6.33. The average Bonchev–Trinajstić information content (AvgIpc) is 2.89. The van der Waals surface area contributed by atoms with E-state index in [2.05, 4.69) is 26.2 Å². The molecule has 1 aromatic carbocycles. The molecule has 1 N–H and O–H groups in total. The summed E-state index contributed by atoms with van der Waals surface area (Å²) < 4.78 is 43.8. The molecule has 0 fully saturated rings. The molecule has 0 saturated heterocycles. The van der Waals surface area contributed by atoms with Gasteiger partial charge in [-0.2, -0.15) is 13.2 Å². The van der Waals surface area contributed by atoms with Crippen LogP contribution in [0.15, 0.2) is 28.9 Å². The molecule has 1 unspecified atom stereocenters. The van der Waals surface area contributed by atoms with Gasteiger partial charge in [-0.15, -0.1) is 11.3 Å². The summed E-state index contributed by atoms with van der Waals surface area (Å²) in [6.45, 7) is 0. The molecule has 1 aromatic heterocycles. The fourth-order valence-electron chi connectivity index (χ4n) is 1.89. The molecule has 0 bridgehead atoms. The van der Waals surface area contributed by atoms with Crippen LogP contribution in [0.25, 0.3) is 0 Å². The fraction of sp³-hybridized carbons (Fsp3) is 0.308. The summed E-state index contributed by atoms with van der Waals surface area (Å²) in [7, 11) is 3.24. The third kappa shape index (κ3) is 3.56. The summed E-state index contributed by atoms with van der Waals surface area (Å²) >= 11 is 4.01. The topological polar surface area (TPSA) is 34.1 Å². The van der Waals surface area contributed by atoms with Crippen LogP contribution in [0, 0.1) is 0 Å². The molecule has 3 nitrogen and oxygen atoms in total. The minimum absolute atomic E-state index is 0.360. The number of ether oxygens (including phenoxy) is 1. The minimum Gasteiger partial charge on any atom is -0.496 e. The Kier molecular flexibility index (Phi) is 4.90. The van der Waals surface area contributed by atoms with Crippen molar-refractivity contribution in [2.24, 2.45) is 0 Å². The van der Waals surface area contributed by atoms with Crippen LogP contribution in [-0.4, -0.2) is 19.1 Å². The summed E-state index contributed by atoms with van der Waals surface area (Å²) in [6, 6.07) is 5.01. The van der Waals surface area contributed by atoms with Crippen LogP contribution in [0.2, 0.25) is 0 Å². The molecule has 1 atom stereocenters. The van der Waals surface area contributed by atoms with E-state index in [1.54, 1.807) is 26.3 Å². The Labute approximate surface area is 132 Å². The number of methoxy groups -OCH3 is 1. The molecule has 114 valence electrons. The van der Waals surface area contributed by atoms with E-state index in [-0.39, 0.29) is 6.04 Å². The molecular formula is C13H12BrF3N2OS. The van der Waals surface area contributed by atoms with Gasteiger partial charge in [0.05, 0.1) is 17.6 Å². The third-order valence-electron chi connectivity index (χ3n) is 2.85. The molecule has 0 spiro atoms. The van der Waals surface area contributed by atoms with E-state index in [1.165, 1.54) is 6.20 Å². The summed E-state index contributed by atoms with van der Waals surface area (Å²) in [4.78, 5) is 3.96. The van der Waals surface area contributed by atoms with Gasteiger partial charge in [-0.3, -0.25) is 0 Å². The first-order valence-corrected chi connectivity index (χ1v) is 7.51. The Bertz CT molecular complexity index is 630. The number of thiazole rings is 1. The minimum atomic E-state index is -4.41. The van der Waals surface area contributed by atoms with E-state index >= 15 is 0 Å². The number of rotatable bonds is 4. The molecule has 0 amide bonds. The standard InChI is InChI=1S/C13H12BrF3N2OS/c1-18-11(7-3-4-9(20-2)8(14)5-7)10-6-19-12(21-10)13(15,16)17/h3-6,11,18H,1-2H3. The van der Waals surface area contributed by atoms with Crippen LogP contribution < -0.4 is 10.1 Å². The molecule has 0 aliphatic carbocycles. The highest BCUT2D eigenvalue weighted by Crippen LogP contribution is 2.37. The lowest BCUT2D eigenvalue weighted by atomic mass is 10.1. The zero-order chi connectivity index (χ0) is 15.6. The van der Waals surface area contributed by atoms with Crippen molar-refractivity contribution in [1.29, 1.82) is 0 Å². The number of hydrogen-bond donors (Lipinski definition) is 1. The van der Waals surface area contributed by atoms with Crippen LogP contribution in [0.5, 0.6) is 5.75 Å². The quantitative estimate of drug-likeness (QED) is 0.860. The molecule has 2 rings (SSSR count). The largest absolute Gasteiger partial charge is 0.496 e. The zero-order valence-corrected chi connectivity index (χ0v) is 13.6. The maximum Gasteiger partial charge on any atom is 0.443 e. The van der Waals surface area contributed by atoms with Gasteiger partial charge in [0.25, 0.3) is 0 Å². The van der Waals surface area contributed by atoms with Crippen molar-refractivity contribution in [3.63, 3.8) is 0 Å². The van der Waals surface area contributed by atoms with Gasteiger partial charge < -0.3 is 10.1 Å². The predicted molar refractivity (Wildman–Crippen MR) is 78.7 cm³/mol. The number of aromatic nitrogens is 1. The highest BCUT2D eigenvalue weighted by Gasteiger charge is 2.35. The van der Waals surface area contributed by atoms with E-state index < -0.39 is 11.2 Å². The van der Waals surface area contributed by atoms with Crippen molar-refractivity contribution < 1.29 is 17.9 Å². The summed E-state index contributed by atoms with van der Waals surface area (Å²) in [6.07, 6.45) is -3.16. The number of benzene rings is 1. The molecule has 0 radical (unpaired) electrons. The summed E-state index contributed by atoms with van der Waals surface area (Å²) in [5, 5.41) is 2.16. The van der Waals surface area contributed by atoms with Crippen molar-refractivity contribution >= 4 is 27.3 Å². The Balaban J connectivity index is 2.35. The molecule has 8 heteroatoms. The Morgan fingerprint density at radius 2 is 2.10 bits per heavy atom. The molecule has 21 heavy (non-hydrogen) atoms. The van der Waals surface area contributed by atoms with E-state index in [1.807, 2.05) is 6.07 Å². The maximum absolute atomic E-state index is 12.6. The normalized spacial score (nSPS) is 13.2. The number of nitrogens with zero attached hydrogens (tertiary/aromatic N) is 1. The first kappa shape index (κ1) is 16.3. The van der Waals surface area contributed by atoms with Gasteiger partial charge in [-0.05, 0) is 40.7 Å². The molecule has 0 aliphatic rings. The van der Waals surface area contributed by atoms with Crippen LogP contribution in [0.4, 0.5) is 13.2 Å². The van der Waals surface area contributed by atoms with Gasteiger partial charge in [0.1, 0.15) is 5.75 Å². The highest BCUT2D eigenvalue weighted by atomic mass is 79.9. The summed E-state index contributed by atoms with van der Waals surface area (Å²) in [5.41, 5.74) is 0.822. The monoisotopic (exact) mass is 380 g/mol. The fourth-order valence-corrected chi connectivity index (χ4v) is 3.37. The average molecular weight is 381 g/mol. The molecule has 2 aromatic rings. The summed E-state index contributed by atoms with van der Waals surface area (Å²) in [5.74, 6) is 0.661. The number of halogens is 4. The lowest BCUT2D eigenvalue weighted by Crippen LogP contribution is -2.16. The van der Waals surface area contributed by atoms with Crippen molar-refractivity contribution in [1.82, 2.24) is 10.3 Å². The van der Waals surface area contributed by atoms with E-state index in [4.69, 9.17) is 4.74 Å². The van der Waals surface area contributed by atoms with Crippen molar-refractivity contribution in [2.75, 3.05) is 14.2 Å². The molecule has 0 aliphatic heterocycles. The molecule has 1 heterocycles. The number of nitrogens with one attached hydrogen (secondary N) is 1. The second-order valence-electron chi connectivity index (χ2n) is 4.18. The Morgan fingerprint density at radius 1 is 1.38 bits per heavy atom. The van der Waals surface area contributed by atoms with Gasteiger partial charge in [-0.1, -0.05) is 6.07 Å². The smallest absolute Gasteiger partial charge is 0.443 e. The number of alkyl halides is 3. The second-order valence-corrected chi connectivity index (χ2v) is 6.10. The Morgan fingerprint density at radius 3 is 2.57 bits per heavy atom. The SMILES string of the molecule is CNC(c1ccc(OC)c(Br)c1)c1cnc(C(F)(F)F)s1. The Hall–Kier alpha value is -1.12. The molecule has 0 saturated carbocycles. The van der Waals surface area contributed by atoms with Gasteiger partial charge in [-0.25, -0.2) is 4.98 Å². The number of hydrogen-bond acceptors (Lipinski definition) is 4. The van der Waals surface area contributed by atoms with E-state index in [0.29, 0.717) is 22.0 Å². The van der Waals surface area contributed by atoms with Gasteiger partial charge in [0, 0.05) is 11.1 Å². The van der Waals surface area contributed by atoms with Crippen molar-refractivity contribution in [3.05, 3.63) is 44.3 Å². The lowest BCUT2D eigenvalue weighted by molar-refractivity contribution is -0.137. The predicted octanol–water partition coefficient (Wildman–Crippen LogP) is 4.24. The third-order valence-corrected chi connectivity index (χ3v) is 4.58. The van der Waals surface area contributed by atoms with Crippen molar-refractivity contribution in [3.8, 4) is 5.75 Å². The van der Waals surface area contributed by atoms with Crippen LogP contribution in [0.3, 0.4) is 0 Å². The van der Waals surface area contributed by atoms with Crippen molar-refractivity contribution in [2.45, 2.75) is 12.2 Å². The van der Waals surface area contributed by atoms with Crippen LogP contribution in [-0.2, 0) is 6.18 Å². The zero-order valence-electron chi connectivity index (χ0n) is 11.2. The van der Waals surface area contributed by atoms with Gasteiger partial charge in [0.2, 0.25) is 0 Å². The van der Waals surface area contributed by atoms with Crippen LogP contribution >= 0.6 is 27.3 Å². The van der Waals surface area contributed by atoms with E-state index in [0.717, 1.165) is 10.0 Å². The maximum atomic E-state index is 12.6. The lowest BCUT2D eigenvalue weighted by Gasteiger charge is -2.16. The highest BCUT2D eigenvalue weighted by molar-refractivity contribution is 9.10. The first-order valence-electron chi connectivity index (χ1n) is 5.90. The van der Waals surface area contributed by atoms with Gasteiger partial charge in [0.15, 0.2) is 5.01 Å². The molecular weight excluding hydrogens is 369 g/mol. The van der Waals surface area contributed by atoms with Crippen LogP contribution in [0.1, 0.15) is 21.5 Å². The first-order chi connectivity index (χ1) is 9.86. The van der Waals surface area contributed by atoms with E-state index in [9.17, 15) is 13.2 Å². The van der Waals surface area contributed by atoms with Gasteiger partial charge >= 0.3 is 6.18 Å².